The lowest BCUT2D eigenvalue weighted by atomic mass is 9.90. The van der Waals surface area contributed by atoms with Crippen LogP contribution < -0.4 is 5.73 Å². The molecule has 0 radical (unpaired) electrons. The second kappa shape index (κ2) is 7.52. The molecule has 1 aliphatic heterocycles. The lowest BCUT2D eigenvalue weighted by molar-refractivity contribution is -0.127. The van der Waals surface area contributed by atoms with Gasteiger partial charge in [-0.15, -0.1) is 24.2 Å². The minimum absolute atomic E-state index is 0. The van der Waals surface area contributed by atoms with Gasteiger partial charge in [-0.25, -0.2) is 0 Å². The first-order valence-electron chi connectivity index (χ1n) is 7.11. The van der Waals surface area contributed by atoms with Gasteiger partial charge in [0.1, 0.15) is 0 Å². The summed E-state index contributed by atoms with van der Waals surface area (Å²) in [7, 11) is 0. The fraction of sp³-hybridized carbons (Fsp3) is 0.562. The summed E-state index contributed by atoms with van der Waals surface area (Å²) < 4.78 is 0. The Balaban J connectivity index is 0.00000220. The lowest BCUT2D eigenvalue weighted by Crippen LogP contribution is -2.35. The van der Waals surface area contributed by atoms with E-state index in [-0.39, 0.29) is 23.7 Å². The summed E-state index contributed by atoms with van der Waals surface area (Å²) in [5, 5.41) is 0. The Morgan fingerprint density at radius 3 is 2.76 bits per heavy atom. The summed E-state index contributed by atoms with van der Waals surface area (Å²) in [5.74, 6) is 0.748. The molecule has 0 aromatic heterocycles. The number of carbonyl (C=O) groups is 1. The number of thioether (sulfide) groups is 1. The van der Waals surface area contributed by atoms with E-state index in [1.807, 2.05) is 4.90 Å². The molecular weight excluding hydrogens is 304 g/mol. The molecule has 0 saturated carbocycles. The topological polar surface area (TPSA) is 46.3 Å². The van der Waals surface area contributed by atoms with Crippen molar-refractivity contribution in [3.05, 3.63) is 29.3 Å². The average Bonchev–Trinajstić information content (AvgIpc) is 2.83. The molecule has 5 heteroatoms. The first-order valence-corrected chi connectivity index (χ1v) is 8.10. The van der Waals surface area contributed by atoms with Crippen LogP contribution in [0.25, 0.3) is 0 Å². The number of carbonyl (C=O) groups excluding carboxylic acids is 1. The van der Waals surface area contributed by atoms with E-state index in [9.17, 15) is 4.79 Å². The SMILES string of the molecule is Cc1ccc(C)c(SCC(=O)N2CCC(C)(CN)C2)c1.Cl. The van der Waals surface area contributed by atoms with Crippen LogP contribution in [-0.4, -0.2) is 36.2 Å². The van der Waals surface area contributed by atoms with Gasteiger partial charge >= 0.3 is 0 Å². The molecule has 21 heavy (non-hydrogen) atoms. The van der Waals surface area contributed by atoms with Crippen LogP contribution in [0.5, 0.6) is 0 Å². The molecule has 3 nitrogen and oxygen atoms in total. The fourth-order valence-electron chi connectivity index (χ4n) is 2.50. The Kier molecular flexibility index (Phi) is 6.57. The minimum atomic E-state index is 0. The third kappa shape index (κ3) is 4.63. The van der Waals surface area contributed by atoms with Gasteiger partial charge in [-0.05, 0) is 43.9 Å². The molecule has 0 aliphatic carbocycles. The van der Waals surface area contributed by atoms with Gasteiger partial charge in [-0.2, -0.15) is 0 Å². The third-order valence-electron chi connectivity index (χ3n) is 4.10. The molecule has 1 aromatic carbocycles. The van der Waals surface area contributed by atoms with Crippen molar-refractivity contribution in [2.45, 2.75) is 32.1 Å². The highest BCUT2D eigenvalue weighted by Gasteiger charge is 2.34. The molecule has 1 atom stereocenters. The lowest BCUT2D eigenvalue weighted by Gasteiger charge is -2.22. The molecule has 0 spiro atoms. The molecule has 0 bridgehead atoms. The monoisotopic (exact) mass is 328 g/mol. The van der Waals surface area contributed by atoms with Crippen LogP contribution in [-0.2, 0) is 4.79 Å². The number of aryl methyl sites for hydroxylation is 2. The zero-order chi connectivity index (χ0) is 14.8. The van der Waals surface area contributed by atoms with Gasteiger partial charge in [0.15, 0.2) is 0 Å². The van der Waals surface area contributed by atoms with Gasteiger partial charge in [0.25, 0.3) is 0 Å². The number of amides is 1. The van der Waals surface area contributed by atoms with Crippen molar-refractivity contribution >= 4 is 30.1 Å². The Labute approximate surface area is 138 Å². The Bertz CT molecular complexity index is 509. The van der Waals surface area contributed by atoms with Crippen LogP contribution >= 0.6 is 24.2 Å². The number of hydrogen-bond donors (Lipinski definition) is 1. The van der Waals surface area contributed by atoms with Gasteiger partial charge in [-0.3, -0.25) is 4.79 Å². The Morgan fingerprint density at radius 1 is 1.43 bits per heavy atom. The quantitative estimate of drug-likeness (QED) is 0.864. The highest BCUT2D eigenvalue weighted by atomic mass is 35.5. The predicted molar refractivity (Wildman–Crippen MR) is 92.2 cm³/mol. The van der Waals surface area contributed by atoms with Gasteiger partial charge in [-0.1, -0.05) is 24.6 Å². The third-order valence-corrected chi connectivity index (χ3v) is 5.24. The molecule has 1 unspecified atom stereocenters. The number of benzene rings is 1. The molecule has 1 heterocycles. The van der Waals surface area contributed by atoms with Gasteiger partial charge in [0, 0.05) is 18.0 Å². The maximum absolute atomic E-state index is 12.3. The van der Waals surface area contributed by atoms with E-state index in [1.54, 1.807) is 11.8 Å². The van der Waals surface area contributed by atoms with E-state index in [0.29, 0.717) is 12.3 Å². The fourth-order valence-corrected chi connectivity index (χ4v) is 3.52. The molecular formula is C16H25ClN2OS. The smallest absolute Gasteiger partial charge is 0.232 e. The van der Waals surface area contributed by atoms with Crippen molar-refractivity contribution < 1.29 is 4.79 Å². The number of nitrogens with zero attached hydrogens (tertiary/aromatic N) is 1. The maximum Gasteiger partial charge on any atom is 0.232 e. The van der Waals surface area contributed by atoms with Crippen molar-refractivity contribution in [3.63, 3.8) is 0 Å². The molecule has 1 saturated heterocycles. The van der Waals surface area contributed by atoms with Crippen molar-refractivity contribution in [1.29, 1.82) is 0 Å². The van der Waals surface area contributed by atoms with Crippen molar-refractivity contribution in [1.82, 2.24) is 4.90 Å². The van der Waals surface area contributed by atoms with Crippen LogP contribution in [0.15, 0.2) is 23.1 Å². The molecule has 1 amide bonds. The zero-order valence-corrected chi connectivity index (χ0v) is 14.6. The first-order chi connectivity index (χ1) is 9.43. The Hall–Kier alpha value is -0.710. The molecule has 118 valence electrons. The standard InChI is InChI=1S/C16H24N2OS.ClH/c1-12-4-5-13(2)14(8-12)20-9-15(19)18-7-6-16(3,10-17)11-18;/h4-5,8H,6-7,9-11,17H2,1-3H3;1H. The highest BCUT2D eigenvalue weighted by Crippen LogP contribution is 2.30. The number of halogens is 1. The first kappa shape index (κ1) is 18.3. The summed E-state index contributed by atoms with van der Waals surface area (Å²) in [6.07, 6.45) is 1.02. The highest BCUT2D eigenvalue weighted by molar-refractivity contribution is 8.00. The summed E-state index contributed by atoms with van der Waals surface area (Å²) in [4.78, 5) is 15.5. The molecule has 1 fully saturated rings. The Morgan fingerprint density at radius 2 is 2.14 bits per heavy atom. The van der Waals surface area contributed by atoms with Crippen LogP contribution in [0.4, 0.5) is 0 Å². The van der Waals surface area contributed by atoms with Gasteiger partial charge in [0.2, 0.25) is 5.91 Å². The van der Waals surface area contributed by atoms with Gasteiger partial charge < -0.3 is 10.6 Å². The predicted octanol–water partition coefficient (Wildman–Crippen LogP) is 3.01. The number of nitrogens with two attached hydrogens (primary N) is 1. The summed E-state index contributed by atoms with van der Waals surface area (Å²) in [6.45, 7) is 8.64. The van der Waals surface area contributed by atoms with Crippen molar-refractivity contribution in [2.24, 2.45) is 11.1 Å². The van der Waals surface area contributed by atoms with Crippen molar-refractivity contribution in [2.75, 3.05) is 25.4 Å². The average molecular weight is 329 g/mol. The van der Waals surface area contributed by atoms with Crippen LogP contribution in [0.3, 0.4) is 0 Å². The summed E-state index contributed by atoms with van der Waals surface area (Å²) in [6, 6.07) is 6.37. The largest absolute Gasteiger partial charge is 0.341 e. The maximum atomic E-state index is 12.3. The van der Waals surface area contributed by atoms with E-state index < -0.39 is 0 Å². The zero-order valence-electron chi connectivity index (χ0n) is 13.0. The number of hydrogen-bond acceptors (Lipinski definition) is 3. The van der Waals surface area contributed by atoms with Crippen LogP contribution in [0, 0.1) is 19.3 Å². The second-order valence-electron chi connectivity index (χ2n) is 6.14. The van der Waals surface area contributed by atoms with E-state index in [2.05, 4.69) is 39.0 Å². The summed E-state index contributed by atoms with van der Waals surface area (Å²) >= 11 is 1.64. The molecule has 1 aromatic rings. The van der Waals surface area contributed by atoms with Crippen molar-refractivity contribution in [3.8, 4) is 0 Å². The number of likely N-dealkylation sites (tertiary alicyclic amines) is 1. The number of rotatable bonds is 4. The van der Waals surface area contributed by atoms with Crippen LogP contribution in [0.1, 0.15) is 24.5 Å². The van der Waals surface area contributed by atoms with E-state index in [1.165, 1.54) is 16.0 Å². The summed E-state index contributed by atoms with van der Waals surface area (Å²) in [5.41, 5.74) is 8.38. The van der Waals surface area contributed by atoms with E-state index in [4.69, 9.17) is 5.73 Å². The molecule has 2 N–H and O–H groups in total. The second-order valence-corrected chi connectivity index (χ2v) is 7.15. The molecule has 1 aliphatic rings. The molecule has 2 rings (SSSR count). The van der Waals surface area contributed by atoms with E-state index >= 15 is 0 Å². The van der Waals surface area contributed by atoms with Gasteiger partial charge in [0.05, 0.1) is 5.75 Å². The van der Waals surface area contributed by atoms with Crippen LogP contribution in [0.2, 0.25) is 0 Å². The van der Waals surface area contributed by atoms with E-state index in [0.717, 1.165) is 19.5 Å². The minimum Gasteiger partial charge on any atom is -0.341 e. The normalized spacial score (nSPS) is 21.2.